The maximum atomic E-state index is 12.8. The molecule has 3 saturated heterocycles. The van der Waals surface area contributed by atoms with Gasteiger partial charge in [0.1, 0.15) is 5.82 Å². The largest absolute Gasteiger partial charge is 0.342 e. The van der Waals surface area contributed by atoms with E-state index in [1.54, 1.807) is 0 Å². The lowest BCUT2D eigenvalue weighted by Gasteiger charge is -2.34. The van der Waals surface area contributed by atoms with Crippen molar-refractivity contribution >= 4 is 17.6 Å². The van der Waals surface area contributed by atoms with Gasteiger partial charge in [-0.25, -0.2) is 4.98 Å². The van der Waals surface area contributed by atoms with Crippen LogP contribution in [-0.4, -0.2) is 46.9 Å². The van der Waals surface area contributed by atoms with Gasteiger partial charge in [0.05, 0.1) is 5.92 Å². The van der Waals surface area contributed by atoms with E-state index >= 15 is 0 Å². The molecule has 0 spiro atoms. The van der Waals surface area contributed by atoms with Gasteiger partial charge >= 0.3 is 0 Å². The van der Waals surface area contributed by atoms with Gasteiger partial charge in [-0.3, -0.25) is 9.59 Å². The number of likely N-dealkylation sites (tertiary alicyclic amines) is 1. The summed E-state index contributed by atoms with van der Waals surface area (Å²) >= 11 is 0. The molecule has 6 nitrogen and oxygen atoms in total. The molecule has 4 heterocycles. The number of rotatable bonds is 4. The Hall–Kier alpha value is -1.95. The fourth-order valence-corrected chi connectivity index (χ4v) is 4.98. The number of nitrogens with one attached hydrogen (secondary N) is 2. The van der Waals surface area contributed by atoms with Crippen LogP contribution in [0.2, 0.25) is 0 Å². The molecule has 1 aromatic rings. The smallest absolute Gasteiger partial charge is 0.230 e. The number of hydrogen-bond acceptors (Lipinski definition) is 4. The minimum atomic E-state index is -0.144. The Balaban J connectivity index is 1.30. The zero-order valence-electron chi connectivity index (χ0n) is 16.1. The SMILES string of the molecule is Cc1cccc(NC(=O)C2CCCN(C(=O)CC3CC4CCC(C3)N4)C2)n1. The van der Waals surface area contributed by atoms with E-state index in [1.165, 1.54) is 12.8 Å². The highest BCUT2D eigenvalue weighted by atomic mass is 16.2. The summed E-state index contributed by atoms with van der Waals surface area (Å²) in [5.41, 5.74) is 0.879. The zero-order chi connectivity index (χ0) is 18.8. The van der Waals surface area contributed by atoms with E-state index in [-0.39, 0.29) is 17.7 Å². The highest BCUT2D eigenvalue weighted by Crippen LogP contribution is 2.33. The number of anilines is 1. The zero-order valence-corrected chi connectivity index (χ0v) is 16.1. The minimum absolute atomic E-state index is 0.0227. The summed E-state index contributed by atoms with van der Waals surface area (Å²) < 4.78 is 0. The quantitative estimate of drug-likeness (QED) is 0.854. The van der Waals surface area contributed by atoms with Gasteiger partial charge < -0.3 is 15.5 Å². The van der Waals surface area contributed by atoms with Crippen molar-refractivity contribution in [1.82, 2.24) is 15.2 Å². The fourth-order valence-electron chi connectivity index (χ4n) is 4.98. The van der Waals surface area contributed by atoms with Crippen molar-refractivity contribution in [3.8, 4) is 0 Å². The Morgan fingerprint density at radius 3 is 2.74 bits per heavy atom. The summed E-state index contributed by atoms with van der Waals surface area (Å²) in [6.45, 7) is 3.22. The molecule has 3 fully saturated rings. The number of nitrogens with zero attached hydrogens (tertiary/aromatic N) is 2. The van der Waals surface area contributed by atoms with Gasteiger partial charge in [0.15, 0.2) is 0 Å². The monoisotopic (exact) mass is 370 g/mol. The van der Waals surface area contributed by atoms with E-state index < -0.39 is 0 Å². The molecule has 2 amide bonds. The summed E-state index contributed by atoms with van der Waals surface area (Å²) in [4.78, 5) is 31.7. The third-order valence-corrected chi connectivity index (χ3v) is 6.32. The molecule has 3 atom stereocenters. The molecule has 27 heavy (non-hydrogen) atoms. The average molecular weight is 370 g/mol. The number of carbonyl (C=O) groups excluding carboxylic acids is 2. The highest BCUT2D eigenvalue weighted by molar-refractivity contribution is 5.92. The summed E-state index contributed by atoms with van der Waals surface area (Å²) in [5.74, 6) is 1.16. The molecule has 2 N–H and O–H groups in total. The molecule has 3 aliphatic rings. The van der Waals surface area contributed by atoms with Crippen molar-refractivity contribution in [3.05, 3.63) is 23.9 Å². The Morgan fingerprint density at radius 1 is 1.22 bits per heavy atom. The lowest BCUT2D eigenvalue weighted by molar-refractivity contribution is -0.135. The van der Waals surface area contributed by atoms with Crippen LogP contribution >= 0.6 is 0 Å². The van der Waals surface area contributed by atoms with Crippen molar-refractivity contribution in [2.75, 3.05) is 18.4 Å². The molecule has 2 bridgehead atoms. The first-order valence-electron chi connectivity index (χ1n) is 10.3. The van der Waals surface area contributed by atoms with Crippen molar-refractivity contribution in [2.24, 2.45) is 11.8 Å². The summed E-state index contributed by atoms with van der Waals surface area (Å²) in [6, 6.07) is 6.83. The first-order chi connectivity index (χ1) is 13.1. The molecule has 0 aliphatic carbocycles. The third kappa shape index (κ3) is 4.49. The molecule has 4 rings (SSSR count). The van der Waals surface area contributed by atoms with E-state index in [0.29, 0.717) is 36.8 Å². The van der Waals surface area contributed by atoms with Crippen LogP contribution in [0.3, 0.4) is 0 Å². The first-order valence-corrected chi connectivity index (χ1v) is 10.3. The molecule has 1 aromatic heterocycles. The highest BCUT2D eigenvalue weighted by Gasteiger charge is 2.36. The van der Waals surface area contributed by atoms with E-state index in [1.807, 2.05) is 30.0 Å². The van der Waals surface area contributed by atoms with Crippen molar-refractivity contribution in [2.45, 2.75) is 64.0 Å². The summed E-state index contributed by atoms with van der Waals surface area (Å²) in [7, 11) is 0. The normalized spacial score (nSPS) is 30.2. The number of hydrogen-bond donors (Lipinski definition) is 2. The van der Waals surface area contributed by atoms with Gasteiger partial charge in [-0.1, -0.05) is 6.07 Å². The van der Waals surface area contributed by atoms with Crippen LogP contribution in [0, 0.1) is 18.8 Å². The maximum Gasteiger partial charge on any atom is 0.230 e. The number of amides is 2. The number of pyridine rings is 1. The second-order valence-corrected chi connectivity index (χ2v) is 8.51. The molecule has 0 radical (unpaired) electrons. The van der Waals surface area contributed by atoms with Gasteiger partial charge in [0.2, 0.25) is 11.8 Å². The van der Waals surface area contributed by atoms with E-state index in [2.05, 4.69) is 15.6 Å². The van der Waals surface area contributed by atoms with Gasteiger partial charge in [0, 0.05) is 37.3 Å². The Bertz CT molecular complexity index is 695. The van der Waals surface area contributed by atoms with Crippen LogP contribution in [0.5, 0.6) is 0 Å². The van der Waals surface area contributed by atoms with E-state index in [4.69, 9.17) is 0 Å². The summed E-state index contributed by atoms with van der Waals surface area (Å²) in [6.07, 6.45) is 7.13. The number of piperidine rings is 2. The lowest BCUT2D eigenvalue weighted by atomic mass is 9.88. The maximum absolute atomic E-state index is 12.8. The minimum Gasteiger partial charge on any atom is -0.342 e. The van der Waals surface area contributed by atoms with Crippen LogP contribution in [-0.2, 0) is 9.59 Å². The number of carbonyl (C=O) groups is 2. The molecule has 3 unspecified atom stereocenters. The van der Waals surface area contributed by atoms with Crippen LogP contribution in [0.4, 0.5) is 5.82 Å². The summed E-state index contributed by atoms with van der Waals surface area (Å²) in [5, 5.41) is 6.56. The van der Waals surface area contributed by atoms with Crippen LogP contribution in [0.25, 0.3) is 0 Å². The van der Waals surface area contributed by atoms with Crippen molar-refractivity contribution < 1.29 is 9.59 Å². The van der Waals surface area contributed by atoms with Crippen LogP contribution in [0.1, 0.15) is 50.6 Å². The Labute approximate surface area is 161 Å². The Kier molecular flexibility index (Phi) is 5.43. The van der Waals surface area contributed by atoms with Gasteiger partial charge in [-0.15, -0.1) is 0 Å². The molecular weight excluding hydrogens is 340 g/mol. The van der Waals surface area contributed by atoms with Gasteiger partial charge in [0.25, 0.3) is 0 Å². The molecule has 6 heteroatoms. The van der Waals surface area contributed by atoms with Crippen molar-refractivity contribution in [3.63, 3.8) is 0 Å². The van der Waals surface area contributed by atoms with Crippen molar-refractivity contribution in [1.29, 1.82) is 0 Å². The van der Waals surface area contributed by atoms with E-state index in [0.717, 1.165) is 37.9 Å². The first kappa shape index (κ1) is 18.4. The molecule has 146 valence electrons. The predicted octanol–water partition coefficient (Wildman–Crippen LogP) is 2.49. The lowest BCUT2D eigenvalue weighted by Crippen LogP contribution is -2.45. The standard InChI is InChI=1S/C21H30N4O2/c1-14-4-2-6-19(22-14)24-21(27)16-5-3-9-25(13-16)20(26)12-15-10-17-7-8-18(11-15)23-17/h2,4,6,15-18,23H,3,5,7-13H2,1H3,(H,22,24,27). The van der Waals surface area contributed by atoms with Crippen LogP contribution < -0.4 is 10.6 Å². The number of aryl methyl sites for hydroxylation is 1. The molecule has 0 aromatic carbocycles. The Morgan fingerprint density at radius 2 is 2.00 bits per heavy atom. The average Bonchev–Trinajstić information content (AvgIpc) is 3.00. The van der Waals surface area contributed by atoms with E-state index in [9.17, 15) is 9.59 Å². The topological polar surface area (TPSA) is 74.3 Å². The fraction of sp³-hybridized carbons (Fsp3) is 0.667. The van der Waals surface area contributed by atoms with Gasteiger partial charge in [-0.05, 0) is 63.5 Å². The second kappa shape index (κ2) is 7.97. The second-order valence-electron chi connectivity index (χ2n) is 8.51. The predicted molar refractivity (Wildman–Crippen MR) is 104 cm³/mol. The molecule has 3 aliphatic heterocycles. The third-order valence-electron chi connectivity index (χ3n) is 6.32. The number of aromatic nitrogens is 1. The number of fused-ring (bicyclic) bond motifs is 2. The molecule has 0 saturated carbocycles. The van der Waals surface area contributed by atoms with Gasteiger partial charge in [-0.2, -0.15) is 0 Å². The molecular formula is C21H30N4O2. The van der Waals surface area contributed by atoms with Crippen LogP contribution in [0.15, 0.2) is 18.2 Å².